The highest BCUT2D eigenvalue weighted by atomic mass is 79.9. The molecule has 1 aromatic heterocycles. The van der Waals surface area contributed by atoms with Gasteiger partial charge in [0.15, 0.2) is 0 Å². The number of nitrogens with zero attached hydrogens (tertiary/aromatic N) is 4. The molecule has 0 aromatic carbocycles. The van der Waals surface area contributed by atoms with E-state index in [4.69, 9.17) is 0 Å². The molecule has 4 nitrogen and oxygen atoms in total. The van der Waals surface area contributed by atoms with Gasteiger partial charge in [-0.05, 0) is 12.8 Å². The lowest BCUT2D eigenvalue weighted by Crippen LogP contribution is -2.36. The van der Waals surface area contributed by atoms with E-state index in [9.17, 15) is 0 Å². The second kappa shape index (κ2) is 7.01. The summed E-state index contributed by atoms with van der Waals surface area (Å²) >= 11 is 3.51. The van der Waals surface area contributed by atoms with Gasteiger partial charge in [-0.15, -0.1) is 0 Å². The molecule has 0 radical (unpaired) electrons. The predicted octanol–water partition coefficient (Wildman–Crippen LogP) is 2.20. The van der Waals surface area contributed by atoms with Crippen molar-refractivity contribution < 1.29 is 0 Å². The number of alkyl halides is 1. The van der Waals surface area contributed by atoms with Gasteiger partial charge in [-0.25, -0.2) is 4.98 Å². The first-order chi connectivity index (χ1) is 7.72. The van der Waals surface area contributed by atoms with Gasteiger partial charge in [0.2, 0.25) is 0 Å². The zero-order valence-corrected chi connectivity index (χ0v) is 11.9. The van der Waals surface area contributed by atoms with Gasteiger partial charge >= 0.3 is 0 Å². The Kier molecular flexibility index (Phi) is 5.98. The van der Waals surface area contributed by atoms with Crippen LogP contribution in [0.5, 0.6) is 0 Å². The van der Waals surface area contributed by atoms with Gasteiger partial charge in [-0.3, -0.25) is 9.58 Å². The molecular weight excluding hydrogens is 268 g/mol. The summed E-state index contributed by atoms with van der Waals surface area (Å²) in [5.41, 5.74) is 0. The van der Waals surface area contributed by atoms with E-state index in [0.717, 1.165) is 24.2 Å². The average molecular weight is 289 g/mol. The molecule has 0 aliphatic carbocycles. The van der Waals surface area contributed by atoms with Gasteiger partial charge < -0.3 is 0 Å². The lowest BCUT2D eigenvalue weighted by molar-refractivity contribution is 0.182. The van der Waals surface area contributed by atoms with Crippen molar-refractivity contribution >= 4 is 15.9 Å². The summed E-state index contributed by atoms with van der Waals surface area (Å²) in [7, 11) is 1.95. The minimum Gasteiger partial charge on any atom is -0.292 e. The van der Waals surface area contributed by atoms with Crippen molar-refractivity contribution in [1.82, 2.24) is 19.7 Å². The van der Waals surface area contributed by atoms with E-state index >= 15 is 0 Å². The Morgan fingerprint density at radius 2 is 2.12 bits per heavy atom. The van der Waals surface area contributed by atoms with E-state index in [1.54, 1.807) is 6.33 Å². The van der Waals surface area contributed by atoms with Crippen molar-refractivity contribution in [2.75, 3.05) is 11.9 Å². The van der Waals surface area contributed by atoms with Crippen molar-refractivity contribution in [2.24, 2.45) is 7.05 Å². The number of halogens is 1. The Hall–Kier alpha value is -0.420. The zero-order chi connectivity index (χ0) is 12.0. The van der Waals surface area contributed by atoms with Crippen LogP contribution in [0, 0.1) is 0 Å². The molecule has 0 unspecified atom stereocenters. The smallest absolute Gasteiger partial charge is 0.140 e. The number of aromatic nitrogens is 3. The van der Waals surface area contributed by atoms with Crippen LogP contribution < -0.4 is 0 Å². The highest BCUT2D eigenvalue weighted by molar-refractivity contribution is 9.09. The first kappa shape index (κ1) is 13.6. The topological polar surface area (TPSA) is 34.0 Å². The molecule has 0 bridgehead atoms. The summed E-state index contributed by atoms with van der Waals surface area (Å²) in [5.74, 6) is 1.04. The van der Waals surface area contributed by atoms with Crippen molar-refractivity contribution in [1.29, 1.82) is 0 Å². The number of aryl methyl sites for hydroxylation is 1. The zero-order valence-electron chi connectivity index (χ0n) is 10.4. The Bertz CT molecular complexity index is 296. The average Bonchev–Trinajstić information content (AvgIpc) is 2.66. The van der Waals surface area contributed by atoms with Gasteiger partial charge in [-0.1, -0.05) is 29.8 Å². The van der Waals surface area contributed by atoms with Crippen LogP contribution in [-0.4, -0.2) is 37.6 Å². The molecule has 1 heterocycles. The highest BCUT2D eigenvalue weighted by Crippen LogP contribution is 2.12. The molecule has 0 saturated heterocycles. The predicted molar refractivity (Wildman–Crippen MR) is 69.6 cm³/mol. The summed E-state index contributed by atoms with van der Waals surface area (Å²) in [4.78, 5) is 6.75. The van der Waals surface area contributed by atoms with Crippen molar-refractivity contribution in [3.63, 3.8) is 0 Å². The maximum Gasteiger partial charge on any atom is 0.140 e. The summed E-state index contributed by atoms with van der Waals surface area (Å²) in [5, 5.41) is 5.11. The van der Waals surface area contributed by atoms with Gasteiger partial charge in [-0.2, -0.15) is 5.10 Å². The first-order valence-corrected chi connectivity index (χ1v) is 6.97. The third-order valence-electron chi connectivity index (χ3n) is 2.98. The summed E-state index contributed by atoms with van der Waals surface area (Å²) < 4.78 is 1.85. The van der Waals surface area contributed by atoms with Gasteiger partial charge in [0, 0.05) is 25.0 Å². The third-order valence-corrected chi connectivity index (χ3v) is 3.33. The molecule has 1 aromatic rings. The van der Waals surface area contributed by atoms with Crippen LogP contribution in [0.4, 0.5) is 0 Å². The SMILES string of the molecule is CCC(CC)N(CCBr)Cc1ncnn1C. The molecule has 16 heavy (non-hydrogen) atoms. The maximum atomic E-state index is 4.28. The van der Waals surface area contributed by atoms with Crippen molar-refractivity contribution in [3.8, 4) is 0 Å². The molecular formula is C11H21BrN4. The standard InChI is InChI=1S/C11H21BrN4/c1-4-10(5-2)16(7-6-12)8-11-13-9-14-15(11)3/h9-10H,4-8H2,1-3H3. The van der Waals surface area contributed by atoms with Gasteiger partial charge in [0.25, 0.3) is 0 Å². The molecule has 92 valence electrons. The van der Waals surface area contributed by atoms with Crippen LogP contribution >= 0.6 is 15.9 Å². The lowest BCUT2D eigenvalue weighted by Gasteiger charge is -2.29. The largest absolute Gasteiger partial charge is 0.292 e. The summed E-state index contributed by atoms with van der Waals surface area (Å²) in [6, 6.07) is 0.634. The van der Waals surface area contributed by atoms with E-state index < -0.39 is 0 Å². The van der Waals surface area contributed by atoms with Crippen LogP contribution in [0.1, 0.15) is 32.5 Å². The van der Waals surface area contributed by atoms with Gasteiger partial charge in [0.1, 0.15) is 12.2 Å². The van der Waals surface area contributed by atoms with Crippen molar-refractivity contribution in [3.05, 3.63) is 12.2 Å². The Labute approximate surface area is 106 Å². The molecule has 0 atom stereocenters. The molecule has 0 aliphatic heterocycles. The Balaban J connectivity index is 2.67. The number of hydrogen-bond acceptors (Lipinski definition) is 3. The third kappa shape index (κ3) is 3.56. The fourth-order valence-electron chi connectivity index (χ4n) is 1.95. The quantitative estimate of drug-likeness (QED) is 0.722. The molecule has 1 rings (SSSR count). The van der Waals surface area contributed by atoms with Crippen LogP contribution in [0.2, 0.25) is 0 Å². The molecule has 0 N–H and O–H groups in total. The monoisotopic (exact) mass is 288 g/mol. The summed E-state index contributed by atoms with van der Waals surface area (Å²) in [6.07, 6.45) is 3.98. The van der Waals surface area contributed by atoms with E-state index in [2.05, 4.69) is 44.8 Å². The minimum atomic E-state index is 0.634. The molecule has 0 fully saturated rings. The van der Waals surface area contributed by atoms with E-state index in [-0.39, 0.29) is 0 Å². The van der Waals surface area contributed by atoms with E-state index in [0.29, 0.717) is 6.04 Å². The van der Waals surface area contributed by atoms with E-state index in [1.165, 1.54) is 12.8 Å². The Morgan fingerprint density at radius 1 is 1.44 bits per heavy atom. The Morgan fingerprint density at radius 3 is 2.56 bits per heavy atom. The van der Waals surface area contributed by atoms with Crippen LogP contribution in [0.25, 0.3) is 0 Å². The van der Waals surface area contributed by atoms with Crippen LogP contribution in [0.3, 0.4) is 0 Å². The molecule has 0 saturated carbocycles. The van der Waals surface area contributed by atoms with Crippen LogP contribution in [-0.2, 0) is 13.6 Å². The second-order valence-corrected chi connectivity index (χ2v) is 4.72. The fraction of sp³-hybridized carbons (Fsp3) is 0.818. The summed E-state index contributed by atoms with van der Waals surface area (Å²) in [6.45, 7) is 6.42. The molecule has 0 amide bonds. The minimum absolute atomic E-state index is 0.634. The highest BCUT2D eigenvalue weighted by Gasteiger charge is 2.16. The lowest BCUT2D eigenvalue weighted by atomic mass is 10.1. The molecule has 5 heteroatoms. The van der Waals surface area contributed by atoms with Crippen LogP contribution in [0.15, 0.2) is 6.33 Å². The first-order valence-electron chi connectivity index (χ1n) is 5.85. The molecule has 0 aliphatic rings. The molecule has 0 spiro atoms. The number of hydrogen-bond donors (Lipinski definition) is 0. The van der Waals surface area contributed by atoms with Gasteiger partial charge in [0.05, 0.1) is 6.54 Å². The normalized spacial score (nSPS) is 11.6. The second-order valence-electron chi connectivity index (χ2n) is 3.93. The van der Waals surface area contributed by atoms with E-state index in [1.807, 2.05) is 11.7 Å². The number of rotatable bonds is 7. The maximum absolute atomic E-state index is 4.28. The fourth-order valence-corrected chi connectivity index (χ4v) is 2.40. The van der Waals surface area contributed by atoms with Crippen molar-refractivity contribution in [2.45, 2.75) is 39.3 Å².